The number of nitrogens with zero attached hydrogens (tertiary/aromatic N) is 1. The first-order valence-corrected chi connectivity index (χ1v) is 9.19. The molecule has 1 unspecified atom stereocenters. The fourth-order valence-electron chi connectivity index (χ4n) is 4.36. The molecule has 1 heterocycles. The quantitative estimate of drug-likeness (QED) is 0.862. The van der Waals surface area contributed by atoms with Crippen LogP contribution in [0.3, 0.4) is 0 Å². The molecule has 2 N–H and O–H groups in total. The summed E-state index contributed by atoms with van der Waals surface area (Å²) in [6.07, 6.45) is 1.60. The Labute approximate surface area is 152 Å². The molecule has 1 saturated carbocycles. The van der Waals surface area contributed by atoms with Gasteiger partial charge < -0.3 is 14.9 Å². The molecule has 2 fully saturated rings. The van der Waals surface area contributed by atoms with Crippen LogP contribution in [-0.2, 0) is 0 Å². The number of aromatic hydroxyl groups is 1. The minimum atomic E-state index is -0.750. The summed E-state index contributed by atoms with van der Waals surface area (Å²) in [6.45, 7) is 2.37. The van der Waals surface area contributed by atoms with Gasteiger partial charge in [0, 0.05) is 19.6 Å². The van der Waals surface area contributed by atoms with Crippen molar-refractivity contribution in [2.24, 2.45) is 11.8 Å². The van der Waals surface area contributed by atoms with E-state index < -0.39 is 11.9 Å². The van der Waals surface area contributed by atoms with E-state index in [-0.39, 0.29) is 11.9 Å². The molecule has 0 amide bonds. The first-order valence-electron chi connectivity index (χ1n) is 9.19. The second-order valence-corrected chi connectivity index (χ2v) is 7.49. The zero-order valence-corrected chi connectivity index (χ0v) is 14.6. The fraction of sp³-hybridized carbons (Fsp3) is 0.429. The number of para-hydroxylation sites is 1. The number of ether oxygens (including phenoxy) is 1. The summed E-state index contributed by atoms with van der Waals surface area (Å²) in [5.74, 6) is 1.03. The predicted octanol–water partition coefficient (Wildman–Crippen LogP) is 3.35. The first kappa shape index (κ1) is 17.3. The van der Waals surface area contributed by atoms with E-state index in [0.717, 1.165) is 31.7 Å². The van der Waals surface area contributed by atoms with E-state index in [0.29, 0.717) is 23.9 Å². The Morgan fingerprint density at radius 1 is 1.08 bits per heavy atom. The molecule has 1 saturated heterocycles. The summed E-state index contributed by atoms with van der Waals surface area (Å²) >= 11 is 0. The minimum Gasteiger partial charge on any atom is -0.505 e. The van der Waals surface area contributed by atoms with Crippen LogP contribution >= 0.6 is 0 Å². The van der Waals surface area contributed by atoms with Gasteiger partial charge >= 0.3 is 0 Å². The van der Waals surface area contributed by atoms with Crippen molar-refractivity contribution < 1.29 is 19.3 Å². The zero-order valence-electron chi connectivity index (χ0n) is 14.6. The van der Waals surface area contributed by atoms with Gasteiger partial charge in [0.25, 0.3) is 0 Å². The van der Waals surface area contributed by atoms with Crippen LogP contribution in [0.15, 0.2) is 48.5 Å². The molecule has 2 aliphatic rings. The molecule has 0 radical (unpaired) electrons. The number of rotatable bonds is 5. The largest absolute Gasteiger partial charge is 0.505 e. The van der Waals surface area contributed by atoms with Gasteiger partial charge in [-0.15, -0.1) is 0 Å². The van der Waals surface area contributed by atoms with Crippen LogP contribution in [0.5, 0.6) is 11.5 Å². The van der Waals surface area contributed by atoms with E-state index in [1.165, 1.54) is 12.1 Å². The summed E-state index contributed by atoms with van der Waals surface area (Å²) in [5, 5.41) is 19.7. The summed E-state index contributed by atoms with van der Waals surface area (Å²) < 4.78 is 19.6. The number of phenols is 1. The molecule has 2 aromatic rings. The summed E-state index contributed by atoms with van der Waals surface area (Å²) in [7, 11) is 0. The molecular weight excluding hydrogens is 333 g/mol. The smallest absolute Gasteiger partial charge is 0.165 e. The normalized spacial score (nSPS) is 26.6. The Balaban J connectivity index is 1.29. The fourth-order valence-corrected chi connectivity index (χ4v) is 4.36. The average Bonchev–Trinajstić information content (AvgIpc) is 3.16. The van der Waals surface area contributed by atoms with Gasteiger partial charge in [0.15, 0.2) is 11.6 Å². The van der Waals surface area contributed by atoms with E-state index in [9.17, 15) is 14.6 Å². The van der Waals surface area contributed by atoms with Crippen molar-refractivity contribution in [3.8, 4) is 11.5 Å². The first-order chi connectivity index (χ1) is 12.6. The SMILES string of the molecule is Oc1ccc([C@H](O)CN2C[C@H]3CC(Oc4ccccc4)C[C@H]3C2)cc1F. The lowest BCUT2D eigenvalue weighted by atomic mass is 10.0. The molecule has 4 nitrogen and oxygen atoms in total. The van der Waals surface area contributed by atoms with Gasteiger partial charge in [0.1, 0.15) is 5.75 Å². The molecule has 0 bridgehead atoms. The van der Waals surface area contributed by atoms with Crippen molar-refractivity contribution in [2.45, 2.75) is 25.0 Å². The van der Waals surface area contributed by atoms with Gasteiger partial charge in [-0.2, -0.15) is 0 Å². The van der Waals surface area contributed by atoms with Gasteiger partial charge in [-0.25, -0.2) is 4.39 Å². The molecule has 0 spiro atoms. The van der Waals surface area contributed by atoms with E-state index in [1.54, 1.807) is 6.07 Å². The highest BCUT2D eigenvalue weighted by atomic mass is 19.1. The van der Waals surface area contributed by atoms with Gasteiger partial charge in [-0.3, -0.25) is 4.90 Å². The number of fused-ring (bicyclic) bond motifs is 1. The van der Waals surface area contributed by atoms with E-state index in [1.807, 2.05) is 30.3 Å². The molecule has 4 atom stereocenters. The van der Waals surface area contributed by atoms with Crippen molar-refractivity contribution in [1.82, 2.24) is 4.90 Å². The lowest BCUT2D eigenvalue weighted by Gasteiger charge is -2.22. The van der Waals surface area contributed by atoms with Gasteiger partial charge in [0.2, 0.25) is 0 Å². The Morgan fingerprint density at radius 2 is 1.77 bits per heavy atom. The Kier molecular flexibility index (Phi) is 4.83. The maximum atomic E-state index is 13.5. The van der Waals surface area contributed by atoms with Gasteiger partial charge in [-0.1, -0.05) is 24.3 Å². The third-order valence-corrected chi connectivity index (χ3v) is 5.62. The zero-order chi connectivity index (χ0) is 18.1. The minimum absolute atomic E-state index is 0.269. The molecular formula is C21H24FNO3. The lowest BCUT2D eigenvalue weighted by molar-refractivity contribution is 0.116. The molecule has 0 aromatic heterocycles. The van der Waals surface area contributed by atoms with Crippen molar-refractivity contribution in [2.75, 3.05) is 19.6 Å². The molecule has 1 aliphatic carbocycles. The maximum absolute atomic E-state index is 13.5. The van der Waals surface area contributed by atoms with Crippen molar-refractivity contribution >= 4 is 0 Å². The third-order valence-electron chi connectivity index (χ3n) is 5.62. The topological polar surface area (TPSA) is 52.9 Å². The molecule has 138 valence electrons. The number of aliphatic hydroxyl groups is 1. The number of hydrogen-bond donors (Lipinski definition) is 2. The highest BCUT2D eigenvalue weighted by Gasteiger charge is 2.42. The van der Waals surface area contributed by atoms with Crippen molar-refractivity contribution in [3.05, 3.63) is 59.9 Å². The van der Waals surface area contributed by atoms with Crippen LogP contribution < -0.4 is 4.74 Å². The second-order valence-electron chi connectivity index (χ2n) is 7.49. The molecule has 26 heavy (non-hydrogen) atoms. The van der Waals surface area contributed by atoms with E-state index in [4.69, 9.17) is 4.74 Å². The Morgan fingerprint density at radius 3 is 2.42 bits per heavy atom. The van der Waals surface area contributed by atoms with Crippen LogP contribution in [0.2, 0.25) is 0 Å². The molecule has 2 aromatic carbocycles. The number of phenolic OH excluding ortho intramolecular Hbond substituents is 1. The lowest BCUT2D eigenvalue weighted by Crippen LogP contribution is -2.29. The molecule has 1 aliphatic heterocycles. The summed E-state index contributed by atoms with van der Waals surface area (Å²) in [6, 6.07) is 14.0. The van der Waals surface area contributed by atoms with Gasteiger partial charge in [-0.05, 0) is 54.5 Å². The van der Waals surface area contributed by atoms with Crippen molar-refractivity contribution in [3.63, 3.8) is 0 Å². The summed E-state index contributed by atoms with van der Waals surface area (Å²) in [5.41, 5.74) is 0.502. The van der Waals surface area contributed by atoms with Crippen LogP contribution in [0.1, 0.15) is 24.5 Å². The highest BCUT2D eigenvalue weighted by Crippen LogP contribution is 2.40. The van der Waals surface area contributed by atoms with Crippen LogP contribution in [0, 0.1) is 17.7 Å². The molecule has 5 heteroatoms. The van der Waals surface area contributed by atoms with Crippen LogP contribution in [-0.4, -0.2) is 40.9 Å². The Hall–Kier alpha value is -2.11. The highest BCUT2D eigenvalue weighted by molar-refractivity contribution is 5.29. The average molecular weight is 357 g/mol. The maximum Gasteiger partial charge on any atom is 0.165 e. The number of β-amino-alcohol motifs (C(OH)–C–C–N with tert-alkyl or cyclic N) is 1. The number of halogens is 1. The van der Waals surface area contributed by atoms with Gasteiger partial charge in [0.05, 0.1) is 12.2 Å². The van der Waals surface area contributed by atoms with Crippen molar-refractivity contribution in [1.29, 1.82) is 0 Å². The monoisotopic (exact) mass is 357 g/mol. The standard InChI is InChI=1S/C21H24FNO3/c22-19-10-14(6-7-20(19)24)21(25)13-23-11-15-8-18(9-16(15)12-23)26-17-4-2-1-3-5-17/h1-7,10,15-16,18,21,24-25H,8-9,11-13H2/t15-,16+,18?,21-/m1/s1. The van der Waals surface area contributed by atoms with E-state index >= 15 is 0 Å². The Bertz CT molecular complexity index is 740. The van der Waals surface area contributed by atoms with E-state index in [2.05, 4.69) is 4.90 Å². The number of likely N-dealkylation sites (tertiary alicyclic amines) is 1. The number of hydrogen-bond acceptors (Lipinski definition) is 4. The molecule has 4 rings (SSSR count). The third kappa shape index (κ3) is 3.69. The van der Waals surface area contributed by atoms with Crippen LogP contribution in [0.25, 0.3) is 0 Å². The summed E-state index contributed by atoms with van der Waals surface area (Å²) in [4.78, 5) is 2.25. The second kappa shape index (κ2) is 7.25. The number of aliphatic hydroxyl groups excluding tert-OH is 1. The van der Waals surface area contributed by atoms with Crippen LogP contribution in [0.4, 0.5) is 4.39 Å². The predicted molar refractivity (Wildman–Crippen MR) is 96.5 cm³/mol. The number of benzene rings is 2.